The van der Waals surface area contributed by atoms with E-state index in [4.69, 9.17) is 14.9 Å². The summed E-state index contributed by atoms with van der Waals surface area (Å²) in [5, 5.41) is 27.0. The molecule has 0 amide bonds. The second-order valence-electron chi connectivity index (χ2n) is 4.59. The van der Waals surface area contributed by atoms with Crippen LogP contribution in [0.2, 0.25) is 0 Å². The molecule has 21 heavy (non-hydrogen) atoms. The molecule has 0 radical (unpaired) electrons. The standard InChI is InChI=1S/C12H19N3O5S/c1-8(11(18)19)6-15(5-3-4-10(16)17)12-14-13-9(21-12)7-20-2/h8H,3-7H2,1-2H3,(H,16,17)(H,18,19). The van der Waals surface area contributed by atoms with E-state index in [0.29, 0.717) is 29.7 Å². The number of anilines is 1. The second kappa shape index (κ2) is 8.53. The Hall–Kier alpha value is -1.74. The van der Waals surface area contributed by atoms with Crippen LogP contribution in [0.5, 0.6) is 0 Å². The normalized spacial score (nSPS) is 12.1. The number of rotatable bonds is 10. The van der Waals surface area contributed by atoms with Crippen LogP contribution in [0.15, 0.2) is 0 Å². The van der Waals surface area contributed by atoms with E-state index in [9.17, 15) is 9.59 Å². The molecule has 1 heterocycles. The molecular formula is C12H19N3O5S. The number of nitrogens with zero attached hydrogens (tertiary/aromatic N) is 3. The Balaban J connectivity index is 2.73. The summed E-state index contributed by atoms with van der Waals surface area (Å²) in [7, 11) is 1.55. The first-order chi connectivity index (χ1) is 9.93. The zero-order valence-electron chi connectivity index (χ0n) is 12.0. The summed E-state index contributed by atoms with van der Waals surface area (Å²) in [6.45, 7) is 2.63. The van der Waals surface area contributed by atoms with Gasteiger partial charge >= 0.3 is 11.9 Å². The zero-order chi connectivity index (χ0) is 15.8. The fraction of sp³-hybridized carbons (Fsp3) is 0.667. The van der Waals surface area contributed by atoms with E-state index in [1.165, 1.54) is 11.3 Å². The lowest BCUT2D eigenvalue weighted by Crippen LogP contribution is -2.33. The van der Waals surface area contributed by atoms with E-state index in [0.717, 1.165) is 0 Å². The highest BCUT2D eigenvalue weighted by Gasteiger charge is 2.19. The molecule has 0 spiro atoms. The van der Waals surface area contributed by atoms with Gasteiger partial charge < -0.3 is 19.8 Å². The quantitative estimate of drug-likeness (QED) is 0.659. The van der Waals surface area contributed by atoms with Crippen molar-refractivity contribution >= 4 is 28.4 Å². The van der Waals surface area contributed by atoms with Crippen LogP contribution in [0.3, 0.4) is 0 Å². The van der Waals surface area contributed by atoms with Crippen molar-refractivity contribution in [3.05, 3.63) is 5.01 Å². The number of aromatic nitrogens is 2. The first-order valence-electron chi connectivity index (χ1n) is 6.45. The Morgan fingerprint density at radius 3 is 2.67 bits per heavy atom. The van der Waals surface area contributed by atoms with E-state index in [1.54, 1.807) is 18.9 Å². The SMILES string of the molecule is COCc1nnc(N(CCCC(=O)O)CC(C)C(=O)O)s1. The van der Waals surface area contributed by atoms with Crippen LogP contribution in [0.25, 0.3) is 0 Å². The third-order valence-electron chi connectivity index (χ3n) is 2.73. The molecule has 2 N–H and O–H groups in total. The molecule has 0 fully saturated rings. The lowest BCUT2D eigenvalue weighted by Gasteiger charge is -2.22. The highest BCUT2D eigenvalue weighted by atomic mass is 32.1. The van der Waals surface area contributed by atoms with Crippen molar-refractivity contribution in [3.63, 3.8) is 0 Å². The third-order valence-corrected chi connectivity index (χ3v) is 3.69. The first-order valence-corrected chi connectivity index (χ1v) is 7.26. The van der Waals surface area contributed by atoms with E-state index >= 15 is 0 Å². The Labute approximate surface area is 126 Å². The maximum absolute atomic E-state index is 11.0. The molecule has 9 heteroatoms. The summed E-state index contributed by atoms with van der Waals surface area (Å²) in [6, 6.07) is 0. The van der Waals surface area contributed by atoms with Crippen LogP contribution >= 0.6 is 11.3 Å². The minimum atomic E-state index is -0.903. The predicted octanol–water partition coefficient (Wildman–Crippen LogP) is 1.08. The smallest absolute Gasteiger partial charge is 0.308 e. The molecule has 1 aromatic rings. The van der Waals surface area contributed by atoms with Gasteiger partial charge in [0.2, 0.25) is 5.13 Å². The highest BCUT2D eigenvalue weighted by molar-refractivity contribution is 7.15. The number of carbonyl (C=O) groups is 2. The average molecular weight is 317 g/mol. The number of hydrogen-bond donors (Lipinski definition) is 2. The van der Waals surface area contributed by atoms with E-state index in [2.05, 4.69) is 10.2 Å². The lowest BCUT2D eigenvalue weighted by atomic mass is 10.1. The number of hydrogen-bond acceptors (Lipinski definition) is 7. The van der Waals surface area contributed by atoms with Gasteiger partial charge in [-0.1, -0.05) is 18.3 Å². The lowest BCUT2D eigenvalue weighted by molar-refractivity contribution is -0.141. The Morgan fingerprint density at radius 1 is 1.38 bits per heavy atom. The van der Waals surface area contributed by atoms with Gasteiger partial charge in [0.1, 0.15) is 11.6 Å². The minimum absolute atomic E-state index is 0.0294. The maximum atomic E-state index is 11.0. The fourth-order valence-electron chi connectivity index (χ4n) is 1.65. The van der Waals surface area contributed by atoms with E-state index in [-0.39, 0.29) is 13.0 Å². The highest BCUT2D eigenvalue weighted by Crippen LogP contribution is 2.22. The zero-order valence-corrected chi connectivity index (χ0v) is 12.8. The fourth-order valence-corrected chi connectivity index (χ4v) is 2.49. The topological polar surface area (TPSA) is 113 Å². The van der Waals surface area contributed by atoms with Crippen molar-refractivity contribution in [1.29, 1.82) is 0 Å². The van der Waals surface area contributed by atoms with Crippen molar-refractivity contribution in [2.45, 2.75) is 26.4 Å². The molecular weight excluding hydrogens is 298 g/mol. The van der Waals surface area contributed by atoms with Gasteiger partial charge in [-0.2, -0.15) is 0 Å². The summed E-state index contributed by atoms with van der Waals surface area (Å²) in [4.78, 5) is 23.3. The predicted molar refractivity (Wildman–Crippen MR) is 76.5 cm³/mol. The van der Waals surface area contributed by atoms with Crippen molar-refractivity contribution in [2.75, 3.05) is 25.1 Å². The van der Waals surface area contributed by atoms with E-state index in [1.807, 2.05) is 0 Å². The molecule has 1 atom stereocenters. The molecule has 0 aliphatic heterocycles. The Bertz CT molecular complexity index is 479. The molecule has 118 valence electrons. The minimum Gasteiger partial charge on any atom is -0.481 e. The van der Waals surface area contributed by atoms with Crippen LogP contribution in [-0.2, 0) is 20.9 Å². The van der Waals surface area contributed by atoms with Gasteiger partial charge in [-0.15, -0.1) is 10.2 Å². The van der Waals surface area contributed by atoms with Gasteiger partial charge in [0, 0.05) is 26.6 Å². The monoisotopic (exact) mass is 317 g/mol. The third kappa shape index (κ3) is 6.05. The van der Waals surface area contributed by atoms with Crippen LogP contribution in [0.4, 0.5) is 5.13 Å². The Kier molecular flexibility index (Phi) is 7.03. The summed E-state index contributed by atoms with van der Waals surface area (Å²) in [5.74, 6) is -2.36. The molecule has 8 nitrogen and oxygen atoms in total. The van der Waals surface area contributed by atoms with E-state index < -0.39 is 17.9 Å². The summed E-state index contributed by atoms with van der Waals surface area (Å²) in [6.07, 6.45) is 0.447. The van der Waals surface area contributed by atoms with Crippen molar-refractivity contribution in [1.82, 2.24) is 10.2 Å². The number of carboxylic acid groups (broad SMARTS) is 2. The van der Waals surface area contributed by atoms with Crippen molar-refractivity contribution in [3.8, 4) is 0 Å². The second-order valence-corrected chi connectivity index (χ2v) is 5.63. The molecule has 0 bridgehead atoms. The molecule has 0 saturated heterocycles. The average Bonchev–Trinajstić information content (AvgIpc) is 2.86. The number of aliphatic carboxylic acids is 2. The first kappa shape index (κ1) is 17.3. The maximum Gasteiger partial charge on any atom is 0.308 e. The number of methoxy groups -OCH3 is 1. The van der Waals surface area contributed by atoms with Crippen LogP contribution in [0, 0.1) is 5.92 Å². The van der Waals surface area contributed by atoms with Gasteiger partial charge in [0.25, 0.3) is 0 Å². The van der Waals surface area contributed by atoms with Gasteiger partial charge in [0.05, 0.1) is 5.92 Å². The summed E-state index contributed by atoms with van der Waals surface area (Å²) < 4.78 is 4.97. The molecule has 1 rings (SSSR count). The number of carboxylic acids is 2. The Morgan fingerprint density at radius 2 is 2.10 bits per heavy atom. The summed E-state index contributed by atoms with van der Waals surface area (Å²) >= 11 is 1.32. The van der Waals surface area contributed by atoms with Crippen molar-refractivity contribution in [2.24, 2.45) is 5.92 Å². The molecule has 1 aromatic heterocycles. The summed E-state index contributed by atoms with van der Waals surface area (Å²) in [5.41, 5.74) is 0. The molecule has 1 unspecified atom stereocenters. The van der Waals surface area contributed by atoms with Gasteiger partial charge in [0.15, 0.2) is 0 Å². The number of ether oxygens (including phenoxy) is 1. The largest absolute Gasteiger partial charge is 0.481 e. The van der Waals surface area contributed by atoms with Crippen LogP contribution in [0.1, 0.15) is 24.8 Å². The molecule has 0 aliphatic carbocycles. The van der Waals surface area contributed by atoms with Crippen LogP contribution in [-0.4, -0.2) is 52.5 Å². The molecule has 0 saturated carbocycles. The van der Waals surface area contributed by atoms with Gasteiger partial charge in [-0.05, 0) is 6.42 Å². The van der Waals surface area contributed by atoms with Gasteiger partial charge in [-0.3, -0.25) is 9.59 Å². The molecule has 0 aliphatic rings. The van der Waals surface area contributed by atoms with Gasteiger partial charge in [-0.25, -0.2) is 0 Å². The van der Waals surface area contributed by atoms with Crippen molar-refractivity contribution < 1.29 is 24.5 Å². The van der Waals surface area contributed by atoms with Crippen LogP contribution < -0.4 is 4.90 Å². The molecule has 0 aromatic carbocycles.